The van der Waals surface area contributed by atoms with Crippen LogP contribution >= 0.6 is 11.6 Å². The van der Waals surface area contributed by atoms with Gasteiger partial charge in [-0.3, -0.25) is 4.79 Å². The van der Waals surface area contributed by atoms with E-state index < -0.39 is 17.9 Å². The van der Waals surface area contributed by atoms with E-state index in [0.717, 1.165) is 0 Å². The zero-order valence-electron chi connectivity index (χ0n) is 9.64. The van der Waals surface area contributed by atoms with Gasteiger partial charge in [0.25, 0.3) is 0 Å². The van der Waals surface area contributed by atoms with Crippen LogP contribution in [0.25, 0.3) is 0 Å². The van der Waals surface area contributed by atoms with E-state index in [1.807, 2.05) is 0 Å². The number of ether oxygens (including phenoxy) is 1. The SMILES string of the molecule is COCC(Nc1ccc(C(N)=O)c(Cl)c1)C(=O)O. The fourth-order valence-electron chi connectivity index (χ4n) is 1.35. The van der Waals surface area contributed by atoms with E-state index >= 15 is 0 Å². The van der Waals surface area contributed by atoms with Crippen molar-refractivity contribution in [3.8, 4) is 0 Å². The third kappa shape index (κ3) is 3.61. The number of carboxylic acids is 1. The number of amides is 1. The molecule has 0 saturated heterocycles. The van der Waals surface area contributed by atoms with Gasteiger partial charge in [-0.05, 0) is 18.2 Å². The topological polar surface area (TPSA) is 102 Å². The first-order valence-electron chi connectivity index (χ1n) is 5.03. The number of carbonyl (C=O) groups excluding carboxylic acids is 1. The van der Waals surface area contributed by atoms with E-state index in [9.17, 15) is 9.59 Å². The molecule has 1 aromatic rings. The largest absolute Gasteiger partial charge is 0.480 e. The first-order valence-corrected chi connectivity index (χ1v) is 5.41. The van der Waals surface area contributed by atoms with E-state index in [4.69, 9.17) is 27.2 Å². The Labute approximate surface area is 109 Å². The highest BCUT2D eigenvalue weighted by molar-refractivity contribution is 6.34. The lowest BCUT2D eigenvalue weighted by Crippen LogP contribution is -2.33. The van der Waals surface area contributed by atoms with Gasteiger partial charge in [0, 0.05) is 12.8 Å². The van der Waals surface area contributed by atoms with E-state index in [2.05, 4.69) is 5.32 Å². The predicted octanol–water partition coefficient (Wildman–Crippen LogP) is 0.950. The first kappa shape index (κ1) is 14.3. The third-order valence-electron chi connectivity index (χ3n) is 2.21. The molecule has 18 heavy (non-hydrogen) atoms. The van der Waals surface area contributed by atoms with Crippen molar-refractivity contribution in [1.82, 2.24) is 0 Å². The Morgan fingerprint density at radius 2 is 2.22 bits per heavy atom. The van der Waals surface area contributed by atoms with E-state index in [0.29, 0.717) is 5.69 Å². The van der Waals surface area contributed by atoms with Crippen molar-refractivity contribution < 1.29 is 19.4 Å². The van der Waals surface area contributed by atoms with Crippen LogP contribution in [0.2, 0.25) is 5.02 Å². The summed E-state index contributed by atoms with van der Waals surface area (Å²) >= 11 is 5.84. The molecule has 1 unspecified atom stereocenters. The number of nitrogens with one attached hydrogen (secondary N) is 1. The number of benzene rings is 1. The number of methoxy groups -OCH3 is 1. The number of hydrogen-bond donors (Lipinski definition) is 3. The lowest BCUT2D eigenvalue weighted by Gasteiger charge is -2.15. The van der Waals surface area contributed by atoms with Crippen molar-refractivity contribution in [2.45, 2.75) is 6.04 Å². The van der Waals surface area contributed by atoms with Gasteiger partial charge in [-0.1, -0.05) is 11.6 Å². The van der Waals surface area contributed by atoms with Crippen molar-refractivity contribution in [2.24, 2.45) is 5.73 Å². The third-order valence-corrected chi connectivity index (χ3v) is 2.52. The normalized spacial score (nSPS) is 11.9. The zero-order chi connectivity index (χ0) is 13.7. The molecule has 0 aliphatic rings. The minimum absolute atomic E-state index is 0.00449. The van der Waals surface area contributed by atoms with Crippen LogP contribution in [0.3, 0.4) is 0 Å². The summed E-state index contributed by atoms with van der Waals surface area (Å²) in [4.78, 5) is 21.9. The molecule has 0 aliphatic heterocycles. The van der Waals surface area contributed by atoms with E-state index in [1.165, 1.54) is 25.3 Å². The zero-order valence-corrected chi connectivity index (χ0v) is 10.4. The molecule has 1 atom stereocenters. The van der Waals surface area contributed by atoms with Crippen molar-refractivity contribution in [1.29, 1.82) is 0 Å². The molecule has 0 bridgehead atoms. The average molecular weight is 273 g/mol. The van der Waals surface area contributed by atoms with Crippen LogP contribution in [0.15, 0.2) is 18.2 Å². The van der Waals surface area contributed by atoms with Gasteiger partial charge in [-0.25, -0.2) is 4.79 Å². The number of anilines is 1. The minimum atomic E-state index is -1.05. The highest BCUT2D eigenvalue weighted by atomic mass is 35.5. The Hall–Kier alpha value is -1.79. The van der Waals surface area contributed by atoms with Crippen LogP contribution in [0, 0.1) is 0 Å². The van der Waals surface area contributed by atoms with Gasteiger partial charge >= 0.3 is 5.97 Å². The van der Waals surface area contributed by atoms with Gasteiger partial charge in [0.05, 0.1) is 17.2 Å². The van der Waals surface area contributed by atoms with Gasteiger partial charge < -0.3 is 20.9 Å². The van der Waals surface area contributed by atoms with Crippen molar-refractivity contribution in [3.05, 3.63) is 28.8 Å². The molecular weight excluding hydrogens is 260 g/mol. The number of carbonyl (C=O) groups is 2. The van der Waals surface area contributed by atoms with Gasteiger partial charge in [0.1, 0.15) is 6.04 Å². The summed E-state index contributed by atoms with van der Waals surface area (Å²) in [6.07, 6.45) is 0. The summed E-state index contributed by atoms with van der Waals surface area (Å²) in [5.74, 6) is -1.69. The molecule has 98 valence electrons. The maximum absolute atomic E-state index is 11.0. The van der Waals surface area contributed by atoms with E-state index in [1.54, 1.807) is 0 Å². The Morgan fingerprint density at radius 1 is 1.56 bits per heavy atom. The molecule has 1 amide bonds. The summed E-state index contributed by atoms with van der Waals surface area (Å²) in [5.41, 5.74) is 5.75. The second-order valence-electron chi connectivity index (χ2n) is 3.55. The molecule has 6 nitrogen and oxygen atoms in total. The quantitative estimate of drug-likeness (QED) is 0.716. The van der Waals surface area contributed by atoms with Crippen LogP contribution in [0.1, 0.15) is 10.4 Å². The van der Waals surface area contributed by atoms with Crippen LogP contribution in [-0.4, -0.2) is 36.7 Å². The van der Waals surface area contributed by atoms with Crippen LogP contribution in [-0.2, 0) is 9.53 Å². The number of aliphatic carboxylic acids is 1. The van der Waals surface area contributed by atoms with Crippen LogP contribution in [0.5, 0.6) is 0 Å². The molecule has 0 radical (unpaired) electrons. The minimum Gasteiger partial charge on any atom is -0.480 e. The number of carboxylic acid groups (broad SMARTS) is 1. The predicted molar refractivity (Wildman–Crippen MR) is 66.9 cm³/mol. The maximum atomic E-state index is 11.0. The number of halogens is 1. The summed E-state index contributed by atoms with van der Waals surface area (Å²) in [5, 5.41) is 11.8. The highest BCUT2D eigenvalue weighted by Gasteiger charge is 2.17. The molecule has 0 spiro atoms. The molecule has 0 aliphatic carbocycles. The summed E-state index contributed by atoms with van der Waals surface area (Å²) in [6, 6.07) is 3.49. The van der Waals surface area contributed by atoms with Crippen molar-refractivity contribution >= 4 is 29.2 Å². The van der Waals surface area contributed by atoms with Crippen LogP contribution in [0.4, 0.5) is 5.69 Å². The molecular formula is C11H13ClN2O4. The fourth-order valence-corrected chi connectivity index (χ4v) is 1.62. The lowest BCUT2D eigenvalue weighted by molar-refractivity contribution is -0.139. The molecule has 7 heteroatoms. The summed E-state index contributed by atoms with van der Waals surface area (Å²) in [6.45, 7) is 0.00449. The number of nitrogens with two attached hydrogens (primary N) is 1. The molecule has 1 aromatic carbocycles. The van der Waals surface area contributed by atoms with E-state index in [-0.39, 0.29) is 17.2 Å². The van der Waals surface area contributed by atoms with Gasteiger partial charge in [-0.2, -0.15) is 0 Å². The Kier molecular flexibility index (Phi) is 4.94. The first-order chi connectivity index (χ1) is 8.45. The smallest absolute Gasteiger partial charge is 0.328 e. The standard InChI is InChI=1S/C11H13ClN2O4/c1-18-5-9(11(16)17)14-6-2-3-7(10(13)15)8(12)4-6/h2-4,9,14H,5H2,1H3,(H2,13,15)(H,16,17). The maximum Gasteiger partial charge on any atom is 0.328 e. The number of primary amides is 1. The number of hydrogen-bond acceptors (Lipinski definition) is 4. The van der Waals surface area contributed by atoms with Gasteiger partial charge in [0.2, 0.25) is 5.91 Å². The second-order valence-corrected chi connectivity index (χ2v) is 3.96. The Balaban J connectivity index is 2.88. The monoisotopic (exact) mass is 272 g/mol. The summed E-state index contributed by atoms with van der Waals surface area (Å²) in [7, 11) is 1.40. The second kappa shape index (κ2) is 6.23. The molecule has 0 saturated carbocycles. The molecule has 1 rings (SSSR count). The molecule has 0 heterocycles. The molecule has 4 N–H and O–H groups in total. The van der Waals surface area contributed by atoms with Gasteiger partial charge in [-0.15, -0.1) is 0 Å². The Bertz CT molecular complexity index is 464. The molecule has 0 aromatic heterocycles. The Morgan fingerprint density at radius 3 is 2.67 bits per heavy atom. The van der Waals surface area contributed by atoms with Crippen LogP contribution < -0.4 is 11.1 Å². The highest BCUT2D eigenvalue weighted by Crippen LogP contribution is 2.21. The fraction of sp³-hybridized carbons (Fsp3) is 0.273. The number of rotatable bonds is 6. The van der Waals surface area contributed by atoms with Crippen molar-refractivity contribution in [2.75, 3.05) is 19.0 Å². The molecule has 0 fully saturated rings. The summed E-state index contributed by atoms with van der Waals surface area (Å²) < 4.78 is 4.78. The van der Waals surface area contributed by atoms with Gasteiger partial charge in [0.15, 0.2) is 0 Å². The average Bonchev–Trinajstić information content (AvgIpc) is 2.27. The van der Waals surface area contributed by atoms with Crippen molar-refractivity contribution in [3.63, 3.8) is 0 Å². The lowest BCUT2D eigenvalue weighted by atomic mass is 10.2.